The Bertz CT molecular complexity index is 1230. The number of allylic oxidation sites excluding steroid dienone is 6. The molecule has 9 atom stereocenters. The van der Waals surface area contributed by atoms with Gasteiger partial charge in [0.1, 0.15) is 11.8 Å². The van der Waals surface area contributed by atoms with Gasteiger partial charge in [-0.1, -0.05) is 83.7 Å². The van der Waals surface area contributed by atoms with E-state index in [4.69, 9.17) is 12.3 Å². The SMILES string of the molecule is C=C1C=CC2(C)C(=C1)[C@@H](F)CC1P3CC4CC(CCC)CC4(C(=C)CCc4ccc(N)cc4)C3(C)CC[C@@]12F. The molecule has 0 spiro atoms. The Kier molecular flexibility index (Phi) is 6.62. The Labute approximate surface area is 235 Å². The summed E-state index contributed by atoms with van der Waals surface area (Å²) in [6.45, 7) is 15.6. The summed E-state index contributed by atoms with van der Waals surface area (Å²) in [6, 6.07) is 8.24. The van der Waals surface area contributed by atoms with E-state index in [1.807, 2.05) is 37.3 Å². The van der Waals surface area contributed by atoms with Crippen LogP contribution in [0.15, 0.2) is 72.4 Å². The molecule has 0 aromatic heterocycles. The van der Waals surface area contributed by atoms with E-state index in [1.54, 1.807) is 0 Å². The Morgan fingerprint density at radius 1 is 1.15 bits per heavy atom. The average molecular weight is 550 g/mol. The fraction of sp³-hybridized carbons (Fsp3) is 0.600. The monoisotopic (exact) mass is 549 g/mol. The molecule has 3 aliphatic carbocycles. The molecular formula is C35H46F2NP. The van der Waals surface area contributed by atoms with E-state index in [0.717, 1.165) is 42.6 Å². The standard InChI is InChI=1S/C35H46F2NP/c1-6-7-26-19-27-22-39-31-20-30(36)29-18-23(2)14-15-32(29,4)35(31,37)17-16-33(39,5)34(27,21-26)24(3)8-9-25-10-12-28(38)13-11-25/h10-15,18,26-27,30-31H,2-3,6-9,16-17,19-22,38H2,1,4-5H3/t26?,27?,30-,31?,32?,33?,34?,35+,39?/m0/s1. The van der Waals surface area contributed by atoms with Gasteiger partial charge in [0.05, 0.1) is 0 Å². The number of nitrogens with two attached hydrogens (primary N) is 1. The molecule has 1 aromatic rings. The highest BCUT2D eigenvalue weighted by molar-refractivity contribution is 7.60. The zero-order valence-electron chi connectivity index (χ0n) is 24.1. The van der Waals surface area contributed by atoms with Crippen LogP contribution >= 0.6 is 7.92 Å². The van der Waals surface area contributed by atoms with Gasteiger partial charge in [0.2, 0.25) is 0 Å². The molecule has 2 saturated carbocycles. The molecule has 2 saturated heterocycles. The minimum Gasteiger partial charge on any atom is -0.399 e. The molecule has 4 heteroatoms. The lowest BCUT2D eigenvalue weighted by Gasteiger charge is -2.63. The second-order valence-corrected chi connectivity index (χ2v) is 16.7. The lowest BCUT2D eigenvalue weighted by Crippen LogP contribution is -2.62. The van der Waals surface area contributed by atoms with Gasteiger partial charge in [0.15, 0.2) is 0 Å². The summed E-state index contributed by atoms with van der Waals surface area (Å²) in [4.78, 5) is 0. The van der Waals surface area contributed by atoms with Gasteiger partial charge in [-0.2, -0.15) is 0 Å². The predicted octanol–water partition coefficient (Wildman–Crippen LogP) is 9.50. The van der Waals surface area contributed by atoms with Crippen molar-refractivity contribution in [3.63, 3.8) is 0 Å². The number of benzene rings is 1. The molecule has 0 amide bonds. The largest absolute Gasteiger partial charge is 0.399 e. The second-order valence-electron chi connectivity index (χ2n) is 13.8. The van der Waals surface area contributed by atoms with Crippen LogP contribution in [-0.2, 0) is 6.42 Å². The molecule has 0 radical (unpaired) electrons. The summed E-state index contributed by atoms with van der Waals surface area (Å²) >= 11 is 0. The number of hydrogen-bond donors (Lipinski definition) is 1. The first-order valence-electron chi connectivity index (χ1n) is 15.2. The molecule has 2 N–H and O–H groups in total. The van der Waals surface area contributed by atoms with E-state index < -0.39 is 25.2 Å². The first-order valence-corrected chi connectivity index (χ1v) is 16.8. The van der Waals surface area contributed by atoms with Gasteiger partial charge in [-0.05, 0) is 104 Å². The molecule has 5 aliphatic rings. The number of halogens is 2. The van der Waals surface area contributed by atoms with Gasteiger partial charge < -0.3 is 5.73 Å². The van der Waals surface area contributed by atoms with E-state index in [-0.39, 0.29) is 16.2 Å². The number of nitrogen functional groups attached to an aromatic ring is 1. The van der Waals surface area contributed by atoms with E-state index >= 15 is 8.78 Å². The minimum atomic E-state index is -1.39. The van der Waals surface area contributed by atoms with Crippen LogP contribution in [0.5, 0.6) is 0 Å². The van der Waals surface area contributed by atoms with Gasteiger partial charge >= 0.3 is 0 Å². The summed E-state index contributed by atoms with van der Waals surface area (Å²) < 4.78 is 33.6. The van der Waals surface area contributed by atoms with Crippen molar-refractivity contribution in [2.45, 2.75) is 101 Å². The molecule has 7 unspecified atom stereocenters. The van der Waals surface area contributed by atoms with Crippen LogP contribution in [0.25, 0.3) is 0 Å². The number of anilines is 1. The van der Waals surface area contributed by atoms with E-state index in [1.165, 1.54) is 36.8 Å². The number of hydrogen-bond acceptors (Lipinski definition) is 1. The predicted molar refractivity (Wildman–Crippen MR) is 163 cm³/mol. The summed E-state index contributed by atoms with van der Waals surface area (Å²) in [5.74, 6) is 1.27. The lowest BCUT2D eigenvalue weighted by atomic mass is 9.56. The zero-order chi connectivity index (χ0) is 27.8. The quantitative estimate of drug-likeness (QED) is 0.213. The molecule has 1 nitrogen and oxygen atoms in total. The third kappa shape index (κ3) is 3.77. The maximum atomic E-state index is 17.6. The van der Waals surface area contributed by atoms with Crippen LogP contribution in [0.4, 0.5) is 14.5 Å². The highest BCUT2D eigenvalue weighted by Gasteiger charge is 2.74. The Hall–Kier alpha value is -1.73. The van der Waals surface area contributed by atoms with E-state index in [2.05, 4.69) is 32.6 Å². The Morgan fingerprint density at radius 3 is 2.62 bits per heavy atom. The van der Waals surface area contributed by atoms with Crippen molar-refractivity contribution in [1.82, 2.24) is 0 Å². The first-order chi connectivity index (χ1) is 18.5. The molecule has 2 aliphatic heterocycles. The third-order valence-corrected chi connectivity index (χ3v) is 16.1. The Balaban J connectivity index is 1.36. The summed E-state index contributed by atoms with van der Waals surface area (Å²) in [6.07, 6.45) is 14.3. The maximum absolute atomic E-state index is 17.6. The van der Waals surface area contributed by atoms with Crippen LogP contribution in [0, 0.1) is 22.7 Å². The maximum Gasteiger partial charge on any atom is 0.130 e. The van der Waals surface area contributed by atoms with Crippen molar-refractivity contribution in [1.29, 1.82) is 0 Å². The van der Waals surface area contributed by atoms with Gasteiger partial charge in [0.25, 0.3) is 0 Å². The van der Waals surface area contributed by atoms with Crippen molar-refractivity contribution in [2.24, 2.45) is 22.7 Å². The Morgan fingerprint density at radius 2 is 1.90 bits per heavy atom. The highest BCUT2D eigenvalue weighted by Crippen LogP contribution is 2.84. The van der Waals surface area contributed by atoms with Crippen molar-refractivity contribution in [3.05, 3.63) is 77.9 Å². The van der Waals surface area contributed by atoms with Crippen LogP contribution < -0.4 is 5.73 Å². The molecule has 39 heavy (non-hydrogen) atoms. The molecule has 2 heterocycles. The van der Waals surface area contributed by atoms with Crippen molar-refractivity contribution in [3.8, 4) is 0 Å². The number of alkyl halides is 2. The molecule has 6 rings (SSSR count). The van der Waals surface area contributed by atoms with Crippen molar-refractivity contribution in [2.75, 3.05) is 11.9 Å². The van der Waals surface area contributed by atoms with Crippen LogP contribution in [-0.4, -0.2) is 28.8 Å². The zero-order valence-corrected chi connectivity index (χ0v) is 25.0. The van der Waals surface area contributed by atoms with Gasteiger partial charge in [-0.15, -0.1) is 0 Å². The number of fused-ring (bicyclic) bond motifs is 7. The number of rotatable bonds is 6. The van der Waals surface area contributed by atoms with Crippen LogP contribution in [0.3, 0.4) is 0 Å². The molecule has 0 bridgehead atoms. The van der Waals surface area contributed by atoms with Crippen LogP contribution in [0.2, 0.25) is 0 Å². The molecule has 1 aromatic carbocycles. The van der Waals surface area contributed by atoms with Gasteiger partial charge in [-0.3, -0.25) is 0 Å². The highest BCUT2D eigenvalue weighted by atomic mass is 31.1. The topological polar surface area (TPSA) is 26.0 Å². The van der Waals surface area contributed by atoms with Crippen molar-refractivity contribution >= 4 is 13.6 Å². The number of aryl methyl sites for hydroxylation is 1. The lowest BCUT2D eigenvalue weighted by molar-refractivity contribution is -0.00840. The van der Waals surface area contributed by atoms with Crippen molar-refractivity contribution < 1.29 is 8.78 Å². The summed E-state index contributed by atoms with van der Waals surface area (Å²) in [5, 5.41) is 0.0211. The normalized spacial score (nSPS) is 44.3. The van der Waals surface area contributed by atoms with E-state index in [0.29, 0.717) is 24.3 Å². The fourth-order valence-corrected chi connectivity index (χ4v) is 15.0. The average Bonchev–Trinajstić information content (AvgIpc) is 3.39. The first kappa shape index (κ1) is 27.4. The minimum absolute atomic E-state index is 0.0211. The van der Waals surface area contributed by atoms with Crippen LogP contribution in [0.1, 0.15) is 77.7 Å². The summed E-state index contributed by atoms with van der Waals surface area (Å²) in [5.41, 5.74) is 8.40. The second kappa shape index (κ2) is 9.40. The molecular weight excluding hydrogens is 503 g/mol. The van der Waals surface area contributed by atoms with Gasteiger partial charge in [0, 0.05) is 22.2 Å². The van der Waals surface area contributed by atoms with Gasteiger partial charge in [-0.25, -0.2) is 8.78 Å². The molecule has 210 valence electrons. The van der Waals surface area contributed by atoms with E-state index in [9.17, 15) is 0 Å². The summed E-state index contributed by atoms with van der Waals surface area (Å²) in [7, 11) is -0.697. The molecule has 4 fully saturated rings. The fourth-order valence-electron chi connectivity index (χ4n) is 10.0. The smallest absolute Gasteiger partial charge is 0.130 e. The third-order valence-electron chi connectivity index (χ3n) is 12.0.